The maximum Gasteiger partial charge on any atom is 0.325 e. The first-order valence-corrected chi connectivity index (χ1v) is 7.23. The van der Waals surface area contributed by atoms with E-state index in [4.69, 9.17) is 4.52 Å². The van der Waals surface area contributed by atoms with Crippen LogP contribution in [0.1, 0.15) is 38.9 Å². The van der Waals surface area contributed by atoms with Crippen molar-refractivity contribution >= 4 is 23.7 Å². The summed E-state index contributed by atoms with van der Waals surface area (Å²) in [5.74, 6) is 0.276. The van der Waals surface area contributed by atoms with E-state index in [2.05, 4.69) is 15.8 Å². The minimum Gasteiger partial charge on any atom is -0.360 e. The summed E-state index contributed by atoms with van der Waals surface area (Å²) < 4.78 is 4.84. The molecule has 8 nitrogen and oxygen atoms in total. The Bertz CT molecular complexity index is 597. The first-order chi connectivity index (χ1) is 10.4. The molecule has 1 atom stereocenters. The Morgan fingerprint density at radius 2 is 2.23 bits per heavy atom. The van der Waals surface area contributed by atoms with Gasteiger partial charge in [0.05, 0.1) is 0 Å². The Morgan fingerprint density at radius 3 is 2.82 bits per heavy atom. The fourth-order valence-corrected chi connectivity index (χ4v) is 2.46. The molecule has 4 amide bonds. The zero-order valence-electron chi connectivity index (χ0n) is 12.9. The number of carbonyl (C=O) groups excluding carboxylic acids is 3. The van der Waals surface area contributed by atoms with Gasteiger partial charge in [-0.2, -0.15) is 0 Å². The zero-order valence-corrected chi connectivity index (χ0v) is 12.9. The fraction of sp³-hybridized carbons (Fsp3) is 0.571. The van der Waals surface area contributed by atoms with Crippen molar-refractivity contribution < 1.29 is 18.9 Å². The van der Waals surface area contributed by atoms with Crippen molar-refractivity contribution in [2.75, 3.05) is 11.9 Å². The average molecular weight is 308 g/mol. The fourth-order valence-electron chi connectivity index (χ4n) is 2.46. The molecule has 8 heteroatoms. The van der Waals surface area contributed by atoms with E-state index in [0.29, 0.717) is 18.0 Å². The summed E-state index contributed by atoms with van der Waals surface area (Å²) >= 11 is 0. The van der Waals surface area contributed by atoms with E-state index < -0.39 is 11.6 Å². The van der Waals surface area contributed by atoms with Gasteiger partial charge in [-0.05, 0) is 20.3 Å². The number of imide groups is 1. The van der Waals surface area contributed by atoms with E-state index in [0.717, 1.165) is 11.3 Å². The molecule has 2 rings (SSSR count). The molecule has 120 valence electrons. The Labute approximate surface area is 128 Å². The molecule has 0 saturated carbocycles. The second-order valence-electron chi connectivity index (χ2n) is 5.59. The van der Waals surface area contributed by atoms with Gasteiger partial charge in [0.1, 0.15) is 11.3 Å². The first kappa shape index (κ1) is 16.0. The molecule has 1 aliphatic rings. The second-order valence-corrected chi connectivity index (χ2v) is 5.59. The van der Waals surface area contributed by atoms with Crippen LogP contribution in [0.4, 0.5) is 10.6 Å². The SMILES string of the molecule is CCCC1(C)NC(=O)N(CCC(=O)Nc2cc(C)on2)C1=O. The largest absolute Gasteiger partial charge is 0.360 e. The Kier molecular flexibility index (Phi) is 4.48. The van der Waals surface area contributed by atoms with Gasteiger partial charge < -0.3 is 15.2 Å². The van der Waals surface area contributed by atoms with Crippen LogP contribution < -0.4 is 10.6 Å². The predicted octanol–water partition coefficient (Wildman–Crippen LogP) is 1.42. The van der Waals surface area contributed by atoms with Gasteiger partial charge in [-0.3, -0.25) is 14.5 Å². The first-order valence-electron chi connectivity index (χ1n) is 7.23. The van der Waals surface area contributed by atoms with E-state index in [1.807, 2.05) is 6.92 Å². The minimum atomic E-state index is -0.870. The van der Waals surface area contributed by atoms with E-state index in [1.54, 1.807) is 19.9 Å². The molecule has 2 N–H and O–H groups in total. The normalized spacial score (nSPS) is 21.1. The number of anilines is 1. The number of hydrogen-bond acceptors (Lipinski definition) is 5. The number of urea groups is 1. The molecule has 1 unspecified atom stereocenters. The second kappa shape index (κ2) is 6.17. The van der Waals surface area contributed by atoms with Crippen LogP contribution >= 0.6 is 0 Å². The van der Waals surface area contributed by atoms with Gasteiger partial charge in [-0.15, -0.1) is 0 Å². The summed E-state index contributed by atoms with van der Waals surface area (Å²) in [4.78, 5) is 37.1. The minimum absolute atomic E-state index is 0.00721. The van der Waals surface area contributed by atoms with Crippen LogP contribution in [0.25, 0.3) is 0 Å². The van der Waals surface area contributed by atoms with Gasteiger partial charge in [0, 0.05) is 19.0 Å². The number of aromatic nitrogens is 1. The van der Waals surface area contributed by atoms with Crippen LogP contribution in [-0.2, 0) is 9.59 Å². The molecule has 1 aromatic heterocycles. The van der Waals surface area contributed by atoms with Crippen LogP contribution in [-0.4, -0.2) is 40.0 Å². The molecule has 1 saturated heterocycles. The maximum atomic E-state index is 12.3. The number of nitrogens with zero attached hydrogens (tertiary/aromatic N) is 2. The molecule has 0 aliphatic carbocycles. The monoisotopic (exact) mass is 308 g/mol. The molecular formula is C14H20N4O4. The third-order valence-electron chi connectivity index (χ3n) is 3.55. The van der Waals surface area contributed by atoms with Crippen molar-refractivity contribution in [3.63, 3.8) is 0 Å². The van der Waals surface area contributed by atoms with Crippen molar-refractivity contribution in [2.24, 2.45) is 0 Å². The molecule has 22 heavy (non-hydrogen) atoms. The Hall–Kier alpha value is -2.38. The lowest BCUT2D eigenvalue weighted by Gasteiger charge is -2.20. The Morgan fingerprint density at radius 1 is 1.50 bits per heavy atom. The summed E-state index contributed by atoms with van der Waals surface area (Å²) in [5, 5.41) is 8.88. The average Bonchev–Trinajstić information content (AvgIpc) is 2.92. The summed E-state index contributed by atoms with van der Waals surface area (Å²) in [6.07, 6.45) is 1.36. The van der Waals surface area contributed by atoms with Crippen molar-refractivity contribution in [3.8, 4) is 0 Å². The number of carbonyl (C=O) groups is 3. The number of aryl methyl sites for hydroxylation is 1. The Balaban J connectivity index is 1.89. The third-order valence-corrected chi connectivity index (χ3v) is 3.55. The lowest BCUT2D eigenvalue weighted by atomic mass is 9.96. The van der Waals surface area contributed by atoms with Gasteiger partial charge in [-0.25, -0.2) is 4.79 Å². The van der Waals surface area contributed by atoms with Crippen LogP contribution in [0.3, 0.4) is 0 Å². The standard InChI is InChI=1S/C14H20N4O4/c1-4-6-14(3)12(20)18(13(21)16-14)7-5-11(19)15-10-8-9(2)22-17-10/h8H,4-7H2,1-3H3,(H,16,21)(H,15,17,19). The third kappa shape index (κ3) is 3.26. The van der Waals surface area contributed by atoms with E-state index in [9.17, 15) is 14.4 Å². The molecule has 2 heterocycles. The highest BCUT2D eigenvalue weighted by Crippen LogP contribution is 2.22. The predicted molar refractivity (Wildman–Crippen MR) is 78.0 cm³/mol. The number of nitrogens with one attached hydrogen (secondary N) is 2. The van der Waals surface area contributed by atoms with Crippen LogP contribution in [0, 0.1) is 6.92 Å². The zero-order chi connectivity index (χ0) is 16.3. The van der Waals surface area contributed by atoms with Gasteiger partial charge in [-0.1, -0.05) is 18.5 Å². The van der Waals surface area contributed by atoms with Gasteiger partial charge in [0.2, 0.25) is 5.91 Å². The molecule has 1 aliphatic heterocycles. The number of rotatable bonds is 6. The molecule has 1 fully saturated rings. The van der Waals surface area contributed by atoms with Crippen molar-refractivity contribution in [2.45, 2.75) is 45.6 Å². The van der Waals surface area contributed by atoms with Crippen molar-refractivity contribution in [1.82, 2.24) is 15.4 Å². The van der Waals surface area contributed by atoms with Crippen molar-refractivity contribution in [3.05, 3.63) is 11.8 Å². The molecule has 0 radical (unpaired) electrons. The van der Waals surface area contributed by atoms with Gasteiger partial charge in [0.25, 0.3) is 5.91 Å². The summed E-state index contributed by atoms with van der Waals surface area (Å²) in [6, 6.07) is 1.13. The van der Waals surface area contributed by atoms with E-state index >= 15 is 0 Å². The van der Waals surface area contributed by atoms with Crippen molar-refractivity contribution in [1.29, 1.82) is 0 Å². The number of hydrogen-bond donors (Lipinski definition) is 2. The summed E-state index contributed by atoms with van der Waals surface area (Å²) in [6.45, 7) is 5.40. The molecule has 0 spiro atoms. The van der Waals surface area contributed by atoms with Crippen LogP contribution in [0.2, 0.25) is 0 Å². The smallest absolute Gasteiger partial charge is 0.325 e. The molecule has 1 aromatic rings. The van der Waals surface area contributed by atoms with Gasteiger partial charge in [0.15, 0.2) is 5.82 Å². The summed E-state index contributed by atoms with van der Waals surface area (Å²) in [5.41, 5.74) is -0.870. The topological polar surface area (TPSA) is 105 Å². The molecule has 0 bridgehead atoms. The van der Waals surface area contributed by atoms with Crippen LogP contribution in [0.15, 0.2) is 10.6 Å². The summed E-state index contributed by atoms with van der Waals surface area (Å²) in [7, 11) is 0. The lowest BCUT2D eigenvalue weighted by Crippen LogP contribution is -2.43. The highest BCUT2D eigenvalue weighted by atomic mass is 16.5. The van der Waals surface area contributed by atoms with Gasteiger partial charge >= 0.3 is 6.03 Å². The highest BCUT2D eigenvalue weighted by Gasteiger charge is 2.46. The van der Waals surface area contributed by atoms with E-state index in [-0.39, 0.29) is 24.8 Å². The van der Waals surface area contributed by atoms with E-state index in [1.165, 1.54) is 0 Å². The highest BCUT2D eigenvalue weighted by molar-refractivity contribution is 6.07. The maximum absolute atomic E-state index is 12.3. The molecule has 0 aromatic carbocycles. The quantitative estimate of drug-likeness (QED) is 0.773. The van der Waals surface area contributed by atoms with Crippen LogP contribution in [0.5, 0.6) is 0 Å². The molecular weight excluding hydrogens is 288 g/mol. The number of amides is 4. The lowest BCUT2D eigenvalue weighted by molar-refractivity contribution is -0.131.